The molecule has 0 spiro atoms. The molecule has 1 N–H and O–H groups in total. The maximum Gasteiger partial charge on any atom is 0.414 e. The Morgan fingerprint density at radius 1 is 1.29 bits per heavy atom. The summed E-state index contributed by atoms with van der Waals surface area (Å²) in [5, 5.41) is 14.2. The Labute approximate surface area is 178 Å². The fraction of sp³-hybridized carbons (Fsp3) is 0.300. The van der Waals surface area contributed by atoms with Gasteiger partial charge in [-0.1, -0.05) is 19.9 Å². The van der Waals surface area contributed by atoms with Crippen molar-refractivity contribution in [1.82, 2.24) is 30.5 Å². The number of amides is 2. The molecule has 1 unspecified atom stereocenters. The zero-order chi connectivity index (χ0) is 22.4. The zero-order valence-electron chi connectivity index (χ0n) is 17.3. The molecule has 0 radical (unpaired) electrons. The molecule has 0 aliphatic carbocycles. The van der Waals surface area contributed by atoms with Crippen molar-refractivity contribution < 1.29 is 18.7 Å². The maximum absolute atomic E-state index is 14.7. The Morgan fingerprint density at radius 3 is 2.71 bits per heavy atom. The SMILES string of the molecule is CC.Cn1nnc(-c2ccc(-c3ccc(N4CC(CNC=O)OC4=O)cc3F)cn2)n1. The molecule has 4 rings (SSSR count). The average molecular weight is 427 g/mol. The number of carbonyl (C=O) groups excluding carboxylic acids is 2. The molecule has 3 heterocycles. The number of hydrogen-bond acceptors (Lipinski definition) is 7. The number of pyridine rings is 1. The van der Waals surface area contributed by atoms with Crippen LogP contribution >= 0.6 is 0 Å². The van der Waals surface area contributed by atoms with E-state index in [9.17, 15) is 14.0 Å². The Bertz CT molecular complexity index is 1060. The van der Waals surface area contributed by atoms with E-state index in [4.69, 9.17) is 4.74 Å². The molecule has 10 nitrogen and oxygen atoms in total. The van der Waals surface area contributed by atoms with E-state index in [0.717, 1.165) is 0 Å². The lowest BCUT2D eigenvalue weighted by Gasteiger charge is -2.14. The number of nitrogens with zero attached hydrogens (tertiary/aromatic N) is 6. The van der Waals surface area contributed by atoms with Gasteiger partial charge in [0.25, 0.3) is 0 Å². The number of aryl methyl sites for hydroxylation is 1. The lowest BCUT2D eigenvalue weighted by Crippen LogP contribution is -2.30. The number of cyclic esters (lactones) is 1. The van der Waals surface area contributed by atoms with E-state index in [1.807, 2.05) is 13.8 Å². The monoisotopic (exact) mass is 427 g/mol. The smallest absolute Gasteiger partial charge is 0.414 e. The molecule has 1 aliphatic rings. The summed E-state index contributed by atoms with van der Waals surface area (Å²) in [6.45, 7) is 4.42. The molecule has 1 aliphatic heterocycles. The molecular formula is C20H22FN7O3. The summed E-state index contributed by atoms with van der Waals surface area (Å²) < 4.78 is 19.9. The van der Waals surface area contributed by atoms with Gasteiger partial charge in [-0.3, -0.25) is 14.7 Å². The van der Waals surface area contributed by atoms with Gasteiger partial charge in [-0.15, -0.1) is 10.2 Å². The van der Waals surface area contributed by atoms with E-state index < -0.39 is 18.0 Å². The van der Waals surface area contributed by atoms with Crippen LogP contribution in [0.5, 0.6) is 0 Å². The van der Waals surface area contributed by atoms with E-state index in [0.29, 0.717) is 34.7 Å². The number of aromatic nitrogens is 5. The molecule has 1 fully saturated rings. The van der Waals surface area contributed by atoms with E-state index >= 15 is 0 Å². The minimum atomic E-state index is -0.586. The first kappa shape index (κ1) is 21.8. The van der Waals surface area contributed by atoms with Crippen LogP contribution in [0.2, 0.25) is 0 Å². The van der Waals surface area contributed by atoms with Crippen LogP contribution in [-0.2, 0) is 16.6 Å². The first-order chi connectivity index (χ1) is 15.0. The quantitative estimate of drug-likeness (QED) is 0.600. The van der Waals surface area contributed by atoms with Crippen molar-refractivity contribution in [3.05, 3.63) is 42.3 Å². The highest BCUT2D eigenvalue weighted by Crippen LogP contribution is 2.29. The number of rotatable bonds is 6. The fourth-order valence-corrected chi connectivity index (χ4v) is 3.00. The molecule has 31 heavy (non-hydrogen) atoms. The zero-order valence-corrected chi connectivity index (χ0v) is 17.3. The third-order valence-electron chi connectivity index (χ3n) is 4.38. The van der Waals surface area contributed by atoms with Gasteiger partial charge in [0.05, 0.1) is 25.8 Å². The van der Waals surface area contributed by atoms with Crippen molar-refractivity contribution in [3.8, 4) is 22.6 Å². The van der Waals surface area contributed by atoms with Crippen LogP contribution in [0.1, 0.15) is 13.8 Å². The highest BCUT2D eigenvalue weighted by Gasteiger charge is 2.32. The van der Waals surface area contributed by atoms with Crippen molar-refractivity contribution in [2.24, 2.45) is 7.05 Å². The Hall–Kier alpha value is -3.89. The Kier molecular flexibility index (Phi) is 6.85. The first-order valence-electron chi connectivity index (χ1n) is 9.70. The second-order valence-corrected chi connectivity index (χ2v) is 6.34. The summed E-state index contributed by atoms with van der Waals surface area (Å²) in [7, 11) is 1.65. The van der Waals surface area contributed by atoms with Crippen molar-refractivity contribution in [2.75, 3.05) is 18.0 Å². The van der Waals surface area contributed by atoms with Gasteiger partial charge in [-0.2, -0.15) is 4.80 Å². The van der Waals surface area contributed by atoms with E-state index in [2.05, 4.69) is 25.7 Å². The summed E-state index contributed by atoms with van der Waals surface area (Å²) in [4.78, 5) is 29.3. The van der Waals surface area contributed by atoms with Crippen molar-refractivity contribution in [3.63, 3.8) is 0 Å². The topological polar surface area (TPSA) is 115 Å². The van der Waals surface area contributed by atoms with Gasteiger partial charge in [-0.25, -0.2) is 9.18 Å². The molecule has 3 aromatic rings. The number of nitrogens with one attached hydrogen (secondary N) is 1. The lowest BCUT2D eigenvalue weighted by atomic mass is 10.1. The molecule has 1 atom stereocenters. The highest BCUT2D eigenvalue weighted by molar-refractivity contribution is 5.90. The first-order valence-corrected chi connectivity index (χ1v) is 9.70. The minimum Gasteiger partial charge on any atom is -0.442 e. The van der Waals surface area contributed by atoms with Gasteiger partial charge in [0.15, 0.2) is 0 Å². The van der Waals surface area contributed by atoms with Crippen molar-refractivity contribution in [1.29, 1.82) is 0 Å². The second-order valence-electron chi connectivity index (χ2n) is 6.34. The third kappa shape index (κ3) is 4.82. The summed E-state index contributed by atoms with van der Waals surface area (Å²) in [5.41, 5.74) is 1.80. The van der Waals surface area contributed by atoms with Gasteiger partial charge >= 0.3 is 6.09 Å². The predicted octanol–water partition coefficient (Wildman–Crippen LogP) is 2.18. The summed E-state index contributed by atoms with van der Waals surface area (Å²) in [5.74, 6) is -0.127. The standard InChI is InChI=1S/C18H16FN7O3.C2H6/c1-25-23-17(22-24-25)16-5-2-11(7-21-16)14-4-3-12(6-15(14)19)26-9-13(8-20-10-27)29-18(26)28;1-2/h2-7,10,13H,8-9H2,1H3,(H,20,27);1-2H3. The molecule has 2 aromatic heterocycles. The predicted molar refractivity (Wildman–Crippen MR) is 110 cm³/mol. The number of tetrazole rings is 1. The van der Waals surface area contributed by atoms with Gasteiger partial charge in [0.2, 0.25) is 12.2 Å². The second kappa shape index (κ2) is 9.74. The largest absolute Gasteiger partial charge is 0.442 e. The van der Waals surface area contributed by atoms with Gasteiger partial charge in [-0.05, 0) is 29.5 Å². The van der Waals surface area contributed by atoms with Crippen molar-refractivity contribution in [2.45, 2.75) is 20.0 Å². The van der Waals surface area contributed by atoms with Crippen LogP contribution in [0, 0.1) is 5.82 Å². The minimum absolute atomic E-state index is 0.199. The summed E-state index contributed by atoms with van der Waals surface area (Å²) in [6.07, 6.45) is 0.985. The van der Waals surface area contributed by atoms with E-state index in [-0.39, 0.29) is 13.1 Å². The number of carbonyl (C=O) groups is 2. The fourth-order valence-electron chi connectivity index (χ4n) is 3.00. The van der Waals surface area contributed by atoms with Gasteiger partial charge in [0, 0.05) is 17.3 Å². The van der Waals surface area contributed by atoms with E-state index in [1.165, 1.54) is 22.0 Å². The molecule has 162 valence electrons. The molecule has 0 saturated carbocycles. The van der Waals surface area contributed by atoms with Crippen LogP contribution in [0.15, 0.2) is 36.5 Å². The number of ether oxygens (including phenoxy) is 1. The van der Waals surface area contributed by atoms with Crippen molar-refractivity contribution >= 4 is 18.2 Å². The van der Waals surface area contributed by atoms with Crippen LogP contribution < -0.4 is 10.2 Å². The summed E-state index contributed by atoms with van der Waals surface area (Å²) in [6, 6.07) is 7.87. The van der Waals surface area contributed by atoms with Gasteiger partial charge < -0.3 is 10.1 Å². The van der Waals surface area contributed by atoms with Gasteiger partial charge in [0.1, 0.15) is 17.6 Å². The lowest BCUT2D eigenvalue weighted by molar-refractivity contribution is -0.109. The number of halogens is 1. The molecule has 1 saturated heterocycles. The van der Waals surface area contributed by atoms with Crippen LogP contribution in [0.4, 0.5) is 14.9 Å². The Morgan fingerprint density at radius 2 is 2.10 bits per heavy atom. The maximum atomic E-state index is 14.7. The third-order valence-corrected chi connectivity index (χ3v) is 4.38. The van der Waals surface area contributed by atoms with E-state index in [1.54, 1.807) is 31.3 Å². The Balaban J connectivity index is 0.00000132. The molecule has 0 bridgehead atoms. The molecule has 2 amide bonds. The number of hydrogen-bond donors (Lipinski definition) is 1. The highest BCUT2D eigenvalue weighted by atomic mass is 19.1. The molecule has 11 heteroatoms. The van der Waals surface area contributed by atoms with Crippen LogP contribution in [0.25, 0.3) is 22.6 Å². The average Bonchev–Trinajstić information content (AvgIpc) is 3.39. The summed E-state index contributed by atoms with van der Waals surface area (Å²) >= 11 is 0. The van der Waals surface area contributed by atoms with Crippen LogP contribution in [0.3, 0.4) is 0 Å². The van der Waals surface area contributed by atoms with Crippen LogP contribution in [-0.4, -0.2) is 56.9 Å². The number of anilines is 1. The normalized spacial score (nSPS) is 15.2. The molecular weight excluding hydrogens is 405 g/mol. The number of benzene rings is 1. The molecule has 1 aromatic carbocycles.